The second kappa shape index (κ2) is 5.76. The Morgan fingerprint density at radius 1 is 1.17 bits per heavy atom. The molecule has 1 aliphatic heterocycles. The van der Waals surface area contributed by atoms with Gasteiger partial charge < -0.3 is 15.4 Å². The Bertz CT molecular complexity index is 799. The van der Waals surface area contributed by atoms with E-state index in [9.17, 15) is 9.59 Å². The Balaban J connectivity index is 1.89. The predicted octanol–water partition coefficient (Wildman–Crippen LogP) is 3.28. The highest BCUT2D eigenvalue weighted by Crippen LogP contribution is 2.36. The maximum atomic E-state index is 12.4. The second-order valence-corrected chi connectivity index (χ2v) is 5.68. The maximum Gasteiger partial charge on any atom is 0.265 e. The van der Waals surface area contributed by atoms with Crippen LogP contribution in [0.5, 0.6) is 5.75 Å². The molecule has 0 radical (unpaired) electrons. The second-order valence-electron chi connectivity index (χ2n) is 5.68. The quantitative estimate of drug-likeness (QED) is 0.894. The van der Waals surface area contributed by atoms with Gasteiger partial charge in [0.05, 0.1) is 5.69 Å². The summed E-state index contributed by atoms with van der Waals surface area (Å²) in [7, 11) is 0. The van der Waals surface area contributed by atoms with Gasteiger partial charge >= 0.3 is 0 Å². The van der Waals surface area contributed by atoms with E-state index in [1.807, 2.05) is 26.0 Å². The van der Waals surface area contributed by atoms with E-state index in [0.29, 0.717) is 22.7 Å². The summed E-state index contributed by atoms with van der Waals surface area (Å²) in [6, 6.07) is 10.8. The standard InChI is InChI=1S/C18H18N2O3/c1-10-7-8-13(9-11(10)2)18(22)19-14-5-4-6-15-16(14)20-17(21)12(3)23-15/h4-9,12H,1-3H3,(H,19,22)(H,20,21). The zero-order chi connectivity index (χ0) is 16.6. The number of rotatable bonds is 2. The van der Waals surface area contributed by atoms with E-state index in [2.05, 4.69) is 10.6 Å². The van der Waals surface area contributed by atoms with Gasteiger partial charge in [0, 0.05) is 5.56 Å². The fourth-order valence-electron chi connectivity index (χ4n) is 2.41. The summed E-state index contributed by atoms with van der Waals surface area (Å²) in [5, 5.41) is 5.61. The van der Waals surface area contributed by atoms with Gasteiger partial charge in [0.1, 0.15) is 11.4 Å². The van der Waals surface area contributed by atoms with Crippen LogP contribution >= 0.6 is 0 Å². The van der Waals surface area contributed by atoms with Crippen molar-refractivity contribution < 1.29 is 14.3 Å². The van der Waals surface area contributed by atoms with Gasteiger partial charge in [-0.2, -0.15) is 0 Å². The Morgan fingerprint density at radius 2 is 1.96 bits per heavy atom. The summed E-state index contributed by atoms with van der Waals surface area (Å²) >= 11 is 0. The van der Waals surface area contributed by atoms with Gasteiger partial charge in [0.25, 0.3) is 11.8 Å². The molecule has 2 amide bonds. The first-order valence-corrected chi connectivity index (χ1v) is 7.45. The van der Waals surface area contributed by atoms with Crippen LogP contribution in [-0.4, -0.2) is 17.9 Å². The van der Waals surface area contributed by atoms with Crippen LogP contribution in [0.3, 0.4) is 0 Å². The highest BCUT2D eigenvalue weighted by molar-refractivity contribution is 6.09. The zero-order valence-electron chi connectivity index (χ0n) is 13.3. The molecule has 118 valence electrons. The first-order chi connectivity index (χ1) is 11.0. The summed E-state index contributed by atoms with van der Waals surface area (Å²) in [6.45, 7) is 5.64. The molecule has 1 unspecified atom stereocenters. The van der Waals surface area contributed by atoms with Crippen molar-refractivity contribution in [2.24, 2.45) is 0 Å². The smallest absolute Gasteiger partial charge is 0.265 e. The summed E-state index contributed by atoms with van der Waals surface area (Å²) in [5.74, 6) is 0.0923. The minimum absolute atomic E-state index is 0.227. The van der Waals surface area contributed by atoms with E-state index in [4.69, 9.17) is 4.74 Å². The summed E-state index contributed by atoms with van der Waals surface area (Å²) < 4.78 is 5.54. The maximum absolute atomic E-state index is 12.4. The normalized spacial score (nSPS) is 16.1. The van der Waals surface area contributed by atoms with Gasteiger partial charge in [0.2, 0.25) is 0 Å². The highest BCUT2D eigenvalue weighted by atomic mass is 16.5. The fraction of sp³-hybridized carbons (Fsp3) is 0.222. The highest BCUT2D eigenvalue weighted by Gasteiger charge is 2.26. The number of aryl methyl sites for hydroxylation is 2. The van der Waals surface area contributed by atoms with Crippen LogP contribution in [-0.2, 0) is 4.79 Å². The van der Waals surface area contributed by atoms with Crippen molar-refractivity contribution in [1.82, 2.24) is 0 Å². The predicted molar refractivity (Wildman–Crippen MR) is 89.0 cm³/mol. The molecular formula is C18H18N2O3. The van der Waals surface area contributed by atoms with Gasteiger partial charge in [-0.3, -0.25) is 9.59 Å². The molecule has 3 rings (SSSR count). The Labute approximate surface area is 134 Å². The third-order valence-corrected chi connectivity index (χ3v) is 3.96. The van der Waals surface area contributed by atoms with Crippen LogP contribution < -0.4 is 15.4 Å². The number of nitrogens with one attached hydrogen (secondary N) is 2. The molecular weight excluding hydrogens is 292 g/mol. The molecule has 0 aliphatic carbocycles. The zero-order valence-corrected chi connectivity index (χ0v) is 13.3. The lowest BCUT2D eigenvalue weighted by Gasteiger charge is -2.25. The average molecular weight is 310 g/mol. The number of amides is 2. The van der Waals surface area contributed by atoms with Crippen molar-refractivity contribution in [1.29, 1.82) is 0 Å². The number of carbonyl (C=O) groups excluding carboxylic acids is 2. The monoisotopic (exact) mass is 310 g/mol. The number of para-hydroxylation sites is 1. The molecule has 2 aromatic rings. The van der Waals surface area contributed by atoms with Crippen molar-refractivity contribution in [3.8, 4) is 5.75 Å². The molecule has 2 N–H and O–H groups in total. The minimum Gasteiger partial charge on any atom is -0.479 e. The van der Waals surface area contributed by atoms with E-state index in [0.717, 1.165) is 11.1 Å². The van der Waals surface area contributed by atoms with E-state index < -0.39 is 6.10 Å². The van der Waals surface area contributed by atoms with Gasteiger partial charge in [-0.25, -0.2) is 0 Å². The van der Waals surface area contributed by atoms with Crippen molar-refractivity contribution >= 4 is 23.2 Å². The Hall–Kier alpha value is -2.82. The summed E-state index contributed by atoms with van der Waals surface area (Å²) in [5.41, 5.74) is 3.77. The molecule has 1 atom stereocenters. The van der Waals surface area contributed by atoms with E-state index in [1.54, 1.807) is 31.2 Å². The van der Waals surface area contributed by atoms with Crippen LogP contribution in [0.15, 0.2) is 36.4 Å². The Kier molecular flexibility index (Phi) is 3.78. The van der Waals surface area contributed by atoms with Gasteiger partial charge in [-0.05, 0) is 56.2 Å². The van der Waals surface area contributed by atoms with E-state index in [-0.39, 0.29) is 11.8 Å². The fourth-order valence-corrected chi connectivity index (χ4v) is 2.41. The van der Waals surface area contributed by atoms with Crippen molar-refractivity contribution in [3.63, 3.8) is 0 Å². The van der Waals surface area contributed by atoms with Crippen LogP contribution in [0.25, 0.3) is 0 Å². The number of benzene rings is 2. The molecule has 5 nitrogen and oxygen atoms in total. The molecule has 0 spiro atoms. The number of anilines is 2. The van der Waals surface area contributed by atoms with Crippen molar-refractivity contribution in [2.75, 3.05) is 10.6 Å². The SMILES string of the molecule is Cc1ccc(C(=O)Nc2cccc3c2NC(=O)C(C)O3)cc1C. The molecule has 0 aromatic heterocycles. The van der Waals surface area contributed by atoms with Crippen molar-refractivity contribution in [2.45, 2.75) is 26.9 Å². The molecule has 23 heavy (non-hydrogen) atoms. The topological polar surface area (TPSA) is 67.4 Å². The van der Waals surface area contributed by atoms with Gasteiger partial charge in [-0.15, -0.1) is 0 Å². The largest absolute Gasteiger partial charge is 0.479 e. The lowest BCUT2D eigenvalue weighted by Crippen LogP contribution is -2.34. The number of ether oxygens (including phenoxy) is 1. The molecule has 0 bridgehead atoms. The summed E-state index contributed by atoms with van der Waals surface area (Å²) in [6.07, 6.45) is -0.548. The molecule has 0 saturated carbocycles. The number of carbonyl (C=O) groups is 2. The number of hydrogen-bond acceptors (Lipinski definition) is 3. The minimum atomic E-state index is -0.548. The first kappa shape index (κ1) is 15.1. The molecule has 1 aliphatic rings. The molecule has 5 heteroatoms. The van der Waals surface area contributed by atoms with E-state index in [1.165, 1.54) is 0 Å². The number of hydrogen-bond donors (Lipinski definition) is 2. The van der Waals surface area contributed by atoms with Crippen LogP contribution in [0, 0.1) is 13.8 Å². The first-order valence-electron chi connectivity index (χ1n) is 7.45. The number of fused-ring (bicyclic) bond motifs is 1. The third-order valence-electron chi connectivity index (χ3n) is 3.96. The Morgan fingerprint density at radius 3 is 2.70 bits per heavy atom. The van der Waals surface area contributed by atoms with Crippen LogP contribution in [0.4, 0.5) is 11.4 Å². The average Bonchev–Trinajstić information content (AvgIpc) is 2.52. The van der Waals surface area contributed by atoms with Gasteiger partial charge in [0.15, 0.2) is 6.10 Å². The van der Waals surface area contributed by atoms with Crippen LogP contribution in [0.1, 0.15) is 28.4 Å². The lowest BCUT2D eigenvalue weighted by molar-refractivity contribution is -0.122. The van der Waals surface area contributed by atoms with Crippen LogP contribution in [0.2, 0.25) is 0 Å². The molecule has 1 heterocycles. The molecule has 0 saturated heterocycles. The lowest BCUT2D eigenvalue weighted by atomic mass is 10.1. The third kappa shape index (κ3) is 2.90. The summed E-state index contributed by atoms with van der Waals surface area (Å²) in [4.78, 5) is 24.2. The molecule has 2 aromatic carbocycles. The molecule has 0 fully saturated rings. The van der Waals surface area contributed by atoms with Crippen molar-refractivity contribution in [3.05, 3.63) is 53.1 Å². The van der Waals surface area contributed by atoms with E-state index >= 15 is 0 Å². The van der Waals surface area contributed by atoms with Gasteiger partial charge in [-0.1, -0.05) is 12.1 Å².